The molecule has 0 N–H and O–H groups in total. The topological polar surface area (TPSA) is 17.4 Å². The number of piperidine rings is 1. The van der Waals surface area contributed by atoms with Crippen molar-refractivity contribution in [1.29, 1.82) is 0 Å². The van der Waals surface area contributed by atoms with Gasteiger partial charge in [-0.05, 0) is 18.2 Å². The van der Waals surface area contributed by atoms with Crippen LogP contribution in [0.2, 0.25) is 5.02 Å². The normalized spacial score (nSPS) is 19.5. The molecule has 0 bridgehead atoms. The summed E-state index contributed by atoms with van der Waals surface area (Å²) in [6.07, 6.45) is 6.05. The van der Waals surface area contributed by atoms with E-state index in [-0.39, 0.29) is 5.60 Å². The second kappa shape index (κ2) is 5.73. The standard InChI is InChI=1S/C19H21ClN2O/c1-2-10-21-12-8-19(9-13-21)17-7-4-11-22(17)14-15-5-3-6-16(20)18(15)23-19/h2-7,11H,1,8-10,12-14H2. The molecule has 2 aliphatic rings. The predicted molar refractivity (Wildman–Crippen MR) is 93.2 cm³/mol. The maximum Gasteiger partial charge on any atom is 0.151 e. The number of hydrogen-bond acceptors (Lipinski definition) is 2. The fourth-order valence-electron chi connectivity index (χ4n) is 3.83. The van der Waals surface area contributed by atoms with E-state index in [1.807, 2.05) is 18.2 Å². The van der Waals surface area contributed by atoms with Gasteiger partial charge in [0.2, 0.25) is 0 Å². The molecular weight excluding hydrogens is 308 g/mol. The van der Waals surface area contributed by atoms with Crippen LogP contribution >= 0.6 is 11.6 Å². The van der Waals surface area contributed by atoms with Crippen LogP contribution in [0.1, 0.15) is 24.1 Å². The van der Waals surface area contributed by atoms with Gasteiger partial charge < -0.3 is 9.30 Å². The summed E-state index contributed by atoms with van der Waals surface area (Å²) in [5.74, 6) is 0.857. The molecular formula is C19H21ClN2O. The van der Waals surface area contributed by atoms with Crippen molar-refractivity contribution in [2.45, 2.75) is 25.0 Å². The molecule has 23 heavy (non-hydrogen) atoms. The lowest BCUT2D eigenvalue weighted by molar-refractivity contribution is -0.00306. The van der Waals surface area contributed by atoms with Crippen molar-refractivity contribution in [2.24, 2.45) is 0 Å². The van der Waals surface area contributed by atoms with E-state index >= 15 is 0 Å². The summed E-state index contributed by atoms with van der Waals surface area (Å²) in [6.45, 7) is 7.62. The van der Waals surface area contributed by atoms with Gasteiger partial charge in [0.05, 0.1) is 17.3 Å². The highest BCUT2D eigenvalue weighted by molar-refractivity contribution is 6.32. The van der Waals surface area contributed by atoms with Crippen molar-refractivity contribution in [3.05, 3.63) is 65.5 Å². The molecule has 1 aromatic carbocycles. The Morgan fingerprint density at radius 3 is 2.83 bits per heavy atom. The van der Waals surface area contributed by atoms with E-state index in [4.69, 9.17) is 16.3 Å². The predicted octanol–water partition coefficient (Wildman–Crippen LogP) is 4.06. The lowest BCUT2D eigenvalue weighted by atomic mass is 9.87. The number of ether oxygens (including phenoxy) is 1. The Balaban J connectivity index is 1.75. The van der Waals surface area contributed by atoms with Gasteiger partial charge in [-0.25, -0.2) is 0 Å². The SMILES string of the molecule is C=CCN1CCC2(CC1)Oc1c(Cl)cccc1Cn1cccc12. The minimum atomic E-state index is -0.280. The number of fused-ring (bicyclic) bond motifs is 3. The molecule has 1 spiro atoms. The highest BCUT2D eigenvalue weighted by Crippen LogP contribution is 2.44. The maximum absolute atomic E-state index is 6.62. The average molecular weight is 329 g/mol. The molecule has 0 amide bonds. The molecule has 4 heteroatoms. The van der Waals surface area contributed by atoms with Crippen LogP contribution in [-0.4, -0.2) is 29.1 Å². The van der Waals surface area contributed by atoms with Crippen molar-refractivity contribution >= 4 is 11.6 Å². The van der Waals surface area contributed by atoms with Crippen LogP contribution in [0.4, 0.5) is 0 Å². The number of likely N-dealkylation sites (tertiary alicyclic amines) is 1. The summed E-state index contributed by atoms with van der Waals surface area (Å²) in [5.41, 5.74) is 2.14. The molecule has 1 aromatic heterocycles. The van der Waals surface area contributed by atoms with Gasteiger partial charge in [-0.15, -0.1) is 6.58 Å². The monoisotopic (exact) mass is 328 g/mol. The largest absolute Gasteiger partial charge is 0.479 e. The van der Waals surface area contributed by atoms with Gasteiger partial charge in [-0.1, -0.05) is 29.8 Å². The van der Waals surface area contributed by atoms with Crippen LogP contribution in [-0.2, 0) is 12.1 Å². The van der Waals surface area contributed by atoms with Crippen LogP contribution in [0.15, 0.2) is 49.2 Å². The number of benzene rings is 1. The first-order valence-corrected chi connectivity index (χ1v) is 8.55. The first-order valence-electron chi connectivity index (χ1n) is 8.17. The van der Waals surface area contributed by atoms with E-state index in [0.29, 0.717) is 5.02 Å². The second-order valence-corrected chi connectivity index (χ2v) is 6.84. The number of para-hydroxylation sites is 1. The van der Waals surface area contributed by atoms with Gasteiger partial charge in [0.25, 0.3) is 0 Å². The number of halogens is 1. The second-order valence-electron chi connectivity index (χ2n) is 6.44. The highest BCUT2D eigenvalue weighted by atomic mass is 35.5. The Bertz CT molecular complexity index is 729. The molecule has 2 aromatic rings. The maximum atomic E-state index is 6.62. The molecule has 120 valence electrons. The third-order valence-corrected chi connectivity index (χ3v) is 5.33. The molecule has 1 fully saturated rings. The Morgan fingerprint density at radius 2 is 2.04 bits per heavy atom. The lowest BCUT2D eigenvalue weighted by Crippen LogP contribution is -2.46. The van der Waals surface area contributed by atoms with E-state index in [1.54, 1.807) is 0 Å². The fourth-order valence-corrected chi connectivity index (χ4v) is 4.06. The molecule has 2 aliphatic heterocycles. The number of aromatic nitrogens is 1. The minimum absolute atomic E-state index is 0.280. The first-order chi connectivity index (χ1) is 11.2. The third-order valence-electron chi connectivity index (χ3n) is 5.03. The number of rotatable bonds is 2. The molecule has 3 nitrogen and oxygen atoms in total. The molecule has 4 rings (SSSR count). The lowest BCUT2D eigenvalue weighted by Gasteiger charge is -2.41. The van der Waals surface area contributed by atoms with Crippen LogP contribution in [0, 0.1) is 0 Å². The van der Waals surface area contributed by atoms with E-state index < -0.39 is 0 Å². The van der Waals surface area contributed by atoms with Gasteiger partial charge in [0, 0.05) is 44.2 Å². The molecule has 0 atom stereocenters. The van der Waals surface area contributed by atoms with Gasteiger partial charge in [-0.2, -0.15) is 0 Å². The Morgan fingerprint density at radius 1 is 1.22 bits per heavy atom. The minimum Gasteiger partial charge on any atom is -0.479 e. The molecule has 3 heterocycles. The van der Waals surface area contributed by atoms with Gasteiger partial charge in [-0.3, -0.25) is 4.90 Å². The van der Waals surface area contributed by atoms with Crippen LogP contribution in [0.3, 0.4) is 0 Å². The van der Waals surface area contributed by atoms with Gasteiger partial charge in [0.15, 0.2) is 5.60 Å². The Hall–Kier alpha value is -1.71. The number of nitrogens with zero attached hydrogens (tertiary/aromatic N) is 2. The summed E-state index contributed by atoms with van der Waals surface area (Å²) >= 11 is 6.45. The van der Waals surface area contributed by atoms with Crippen molar-refractivity contribution in [1.82, 2.24) is 9.47 Å². The van der Waals surface area contributed by atoms with Gasteiger partial charge >= 0.3 is 0 Å². The quantitative estimate of drug-likeness (QED) is 0.773. The fraction of sp³-hybridized carbons (Fsp3) is 0.368. The molecule has 0 radical (unpaired) electrons. The van der Waals surface area contributed by atoms with Crippen LogP contribution < -0.4 is 4.74 Å². The molecule has 0 aliphatic carbocycles. The Labute approximate surface area is 142 Å². The average Bonchev–Trinajstić information content (AvgIpc) is 2.97. The summed E-state index contributed by atoms with van der Waals surface area (Å²) < 4.78 is 8.93. The van der Waals surface area contributed by atoms with Crippen molar-refractivity contribution in [3.8, 4) is 5.75 Å². The first kappa shape index (κ1) is 14.9. The van der Waals surface area contributed by atoms with E-state index in [1.165, 1.54) is 5.69 Å². The Kier molecular flexibility index (Phi) is 3.70. The molecule has 0 saturated carbocycles. The van der Waals surface area contributed by atoms with E-state index in [2.05, 4.69) is 40.4 Å². The van der Waals surface area contributed by atoms with E-state index in [9.17, 15) is 0 Å². The summed E-state index contributed by atoms with van der Waals surface area (Å²) in [5, 5.41) is 0.709. The highest BCUT2D eigenvalue weighted by Gasteiger charge is 2.42. The molecule has 0 unspecified atom stereocenters. The zero-order valence-corrected chi connectivity index (χ0v) is 13.9. The van der Waals surface area contributed by atoms with Crippen molar-refractivity contribution < 1.29 is 4.74 Å². The smallest absolute Gasteiger partial charge is 0.151 e. The summed E-state index contributed by atoms with van der Waals surface area (Å²) in [6, 6.07) is 10.3. The van der Waals surface area contributed by atoms with Gasteiger partial charge in [0.1, 0.15) is 5.75 Å². The molecule has 1 saturated heterocycles. The zero-order chi connectivity index (χ0) is 15.9. The van der Waals surface area contributed by atoms with Crippen LogP contribution in [0.25, 0.3) is 0 Å². The van der Waals surface area contributed by atoms with Crippen molar-refractivity contribution in [3.63, 3.8) is 0 Å². The third kappa shape index (κ3) is 2.48. The summed E-state index contributed by atoms with van der Waals surface area (Å²) in [7, 11) is 0. The number of hydrogen-bond donors (Lipinski definition) is 0. The van der Waals surface area contributed by atoms with E-state index in [0.717, 1.165) is 50.3 Å². The van der Waals surface area contributed by atoms with Crippen LogP contribution in [0.5, 0.6) is 5.75 Å². The zero-order valence-electron chi connectivity index (χ0n) is 13.2. The van der Waals surface area contributed by atoms with Crippen molar-refractivity contribution in [2.75, 3.05) is 19.6 Å². The summed E-state index contributed by atoms with van der Waals surface area (Å²) in [4.78, 5) is 2.42.